The van der Waals surface area contributed by atoms with E-state index in [1.165, 1.54) is 0 Å². The van der Waals surface area contributed by atoms with Gasteiger partial charge in [0.05, 0.1) is 0 Å². The lowest BCUT2D eigenvalue weighted by Gasteiger charge is -2.32. The maximum absolute atomic E-state index is 13.1. The van der Waals surface area contributed by atoms with Gasteiger partial charge in [0.2, 0.25) is 5.91 Å². The Morgan fingerprint density at radius 2 is 1.76 bits per heavy atom. The second kappa shape index (κ2) is 14.2. The van der Waals surface area contributed by atoms with E-state index < -0.39 is 5.92 Å². The Morgan fingerprint density at radius 3 is 2.41 bits per heavy atom. The summed E-state index contributed by atoms with van der Waals surface area (Å²) >= 11 is 0. The summed E-state index contributed by atoms with van der Waals surface area (Å²) in [4.78, 5) is 28.0. The highest BCUT2D eigenvalue weighted by atomic mass is 16.2. The summed E-state index contributed by atoms with van der Waals surface area (Å²) in [6.45, 7) is 6.28. The van der Waals surface area contributed by atoms with Gasteiger partial charge in [-0.3, -0.25) is 15.0 Å². The third kappa shape index (κ3) is 9.76. The molecular formula is C31H40N4O2. The van der Waals surface area contributed by atoms with Crippen LogP contribution in [0.1, 0.15) is 62.6 Å². The van der Waals surface area contributed by atoms with Crippen LogP contribution >= 0.6 is 0 Å². The van der Waals surface area contributed by atoms with Gasteiger partial charge in [0.1, 0.15) is 5.78 Å². The second-order valence-corrected chi connectivity index (χ2v) is 10.5. The van der Waals surface area contributed by atoms with Crippen molar-refractivity contribution in [2.45, 2.75) is 52.4 Å². The van der Waals surface area contributed by atoms with E-state index in [0.717, 1.165) is 42.5 Å². The van der Waals surface area contributed by atoms with Crippen molar-refractivity contribution in [3.8, 4) is 11.8 Å². The summed E-state index contributed by atoms with van der Waals surface area (Å²) in [5.74, 6) is 6.72. The monoisotopic (exact) mass is 500 g/mol. The SMILES string of the molecule is CC(C)CCNC(=O)[C@@H](CC(=O)C[C@H]1CCCN(C(=N)N)C1)Cc1ccc(C#Cc2ccccc2)cc1. The Balaban J connectivity index is 1.63. The van der Waals surface area contributed by atoms with Crippen LogP contribution in [-0.2, 0) is 16.0 Å². The fourth-order valence-electron chi connectivity index (χ4n) is 4.69. The topological polar surface area (TPSA) is 99.3 Å². The lowest BCUT2D eigenvalue weighted by molar-refractivity contribution is -0.130. The number of ketones is 1. The molecule has 0 unspecified atom stereocenters. The van der Waals surface area contributed by atoms with Crippen molar-refractivity contribution in [2.24, 2.45) is 23.5 Å². The van der Waals surface area contributed by atoms with Crippen LogP contribution in [0.5, 0.6) is 0 Å². The molecule has 0 spiro atoms. The maximum atomic E-state index is 13.1. The quantitative estimate of drug-likeness (QED) is 0.256. The molecule has 6 nitrogen and oxygen atoms in total. The van der Waals surface area contributed by atoms with Gasteiger partial charge in [-0.15, -0.1) is 0 Å². The first kappa shape index (κ1) is 28.0. The third-order valence-corrected chi connectivity index (χ3v) is 6.80. The molecule has 0 radical (unpaired) electrons. The van der Waals surface area contributed by atoms with Crippen LogP contribution in [0.4, 0.5) is 0 Å². The Labute approximate surface area is 221 Å². The Bertz CT molecular complexity index is 1100. The smallest absolute Gasteiger partial charge is 0.223 e. The fraction of sp³-hybridized carbons (Fsp3) is 0.452. The van der Waals surface area contributed by atoms with Gasteiger partial charge in [-0.25, -0.2) is 0 Å². The average molecular weight is 501 g/mol. The molecular weight excluding hydrogens is 460 g/mol. The first-order valence-electron chi connectivity index (χ1n) is 13.3. The van der Waals surface area contributed by atoms with E-state index in [9.17, 15) is 9.59 Å². The van der Waals surface area contributed by atoms with E-state index in [-0.39, 0.29) is 30.0 Å². The third-order valence-electron chi connectivity index (χ3n) is 6.80. The number of carbonyl (C=O) groups excluding carboxylic acids is 2. The number of nitrogens with zero attached hydrogens (tertiary/aromatic N) is 1. The first-order valence-corrected chi connectivity index (χ1v) is 13.3. The summed E-state index contributed by atoms with van der Waals surface area (Å²) in [6.07, 6.45) is 3.94. The molecule has 0 aliphatic carbocycles. The van der Waals surface area contributed by atoms with E-state index in [1.54, 1.807) is 0 Å². The molecule has 1 aliphatic heterocycles. The maximum Gasteiger partial charge on any atom is 0.223 e. The molecule has 196 valence electrons. The number of Topliss-reactive ketones (excluding diaryl/α,β-unsaturated/α-hetero) is 1. The number of piperidine rings is 1. The largest absolute Gasteiger partial charge is 0.370 e. The Kier molecular flexibility index (Phi) is 10.8. The summed E-state index contributed by atoms with van der Waals surface area (Å²) in [5, 5.41) is 10.7. The molecule has 1 fully saturated rings. The van der Waals surface area contributed by atoms with Gasteiger partial charge in [0.25, 0.3) is 0 Å². The lowest BCUT2D eigenvalue weighted by atomic mass is 9.87. The highest BCUT2D eigenvalue weighted by Crippen LogP contribution is 2.22. The van der Waals surface area contributed by atoms with E-state index >= 15 is 0 Å². The van der Waals surface area contributed by atoms with Crippen LogP contribution in [-0.4, -0.2) is 42.2 Å². The van der Waals surface area contributed by atoms with Crippen LogP contribution in [0.15, 0.2) is 54.6 Å². The molecule has 1 heterocycles. The molecule has 1 amide bonds. The van der Waals surface area contributed by atoms with E-state index in [2.05, 4.69) is 31.0 Å². The van der Waals surface area contributed by atoms with Crippen LogP contribution in [0.3, 0.4) is 0 Å². The van der Waals surface area contributed by atoms with Gasteiger partial charge < -0.3 is 16.0 Å². The van der Waals surface area contributed by atoms with E-state index in [1.807, 2.05) is 59.5 Å². The van der Waals surface area contributed by atoms with E-state index in [4.69, 9.17) is 11.1 Å². The number of carbonyl (C=O) groups is 2. The summed E-state index contributed by atoms with van der Waals surface area (Å²) < 4.78 is 0. The molecule has 2 atom stereocenters. The lowest BCUT2D eigenvalue weighted by Crippen LogP contribution is -2.44. The van der Waals surface area contributed by atoms with Crippen LogP contribution < -0.4 is 11.1 Å². The van der Waals surface area contributed by atoms with Crippen LogP contribution in [0, 0.1) is 35.0 Å². The minimum atomic E-state index is -0.409. The van der Waals surface area contributed by atoms with Crippen molar-refractivity contribution in [3.63, 3.8) is 0 Å². The number of benzene rings is 2. The van der Waals surface area contributed by atoms with Gasteiger partial charge >= 0.3 is 0 Å². The number of hydrogen-bond donors (Lipinski definition) is 3. The predicted molar refractivity (Wildman–Crippen MR) is 149 cm³/mol. The summed E-state index contributed by atoms with van der Waals surface area (Å²) in [5.41, 5.74) is 8.55. The molecule has 1 saturated heterocycles. The number of amides is 1. The van der Waals surface area contributed by atoms with Crippen LogP contribution in [0.25, 0.3) is 0 Å². The summed E-state index contributed by atoms with van der Waals surface area (Å²) in [7, 11) is 0. The van der Waals surface area contributed by atoms with Gasteiger partial charge in [0, 0.05) is 49.5 Å². The molecule has 0 bridgehead atoms. The fourth-order valence-corrected chi connectivity index (χ4v) is 4.69. The second-order valence-electron chi connectivity index (χ2n) is 10.5. The van der Waals surface area contributed by atoms with Crippen molar-refractivity contribution >= 4 is 17.6 Å². The normalized spacial score (nSPS) is 16.0. The van der Waals surface area contributed by atoms with Gasteiger partial charge in [-0.05, 0) is 67.3 Å². The number of guanidine groups is 1. The highest BCUT2D eigenvalue weighted by Gasteiger charge is 2.27. The molecule has 3 rings (SSSR count). The van der Waals surface area contributed by atoms with Crippen molar-refractivity contribution < 1.29 is 9.59 Å². The molecule has 37 heavy (non-hydrogen) atoms. The van der Waals surface area contributed by atoms with Crippen molar-refractivity contribution in [1.29, 1.82) is 5.41 Å². The molecule has 0 saturated carbocycles. The number of rotatable bonds is 10. The average Bonchev–Trinajstić information content (AvgIpc) is 2.88. The number of nitrogens with two attached hydrogens (primary N) is 1. The molecule has 4 N–H and O–H groups in total. The van der Waals surface area contributed by atoms with Gasteiger partial charge in [0.15, 0.2) is 5.96 Å². The number of likely N-dealkylation sites (tertiary alicyclic amines) is 1. The van der Waals surface area contributed by atoms with E-state index in [0.29, 0.717) is 31.8 Å². The highest BCUT2D eigenvalue weighted by molar-refractivity contribution is 5.87. The zero-order chi connectivity index (χ0) is 26.6. The standard InChI is InChI=1S/C31H40N4O2/c1-23(2)16-17-34-30(37)28(21-29(36)20-27-9-6-18-35(22-27)31(32)33)19-26-14-12-25(13-15-26)11-10-24-7-4-3-5-8-24/h3-5,7-8,12-15,23,27-28H,6,9,16-22H2,1-2H3,(H3,32,33)(H,34,37)/t27-,28-/m1/s1. The minimum absolute atomic E-state index is 0.0593. The van der Waals surface area contributed by atoms with Gasteiger partial charge in [-0.2, -0.15) is 0 Å². The molecule has 6 heteroatoms. The Hall–Kier alpha value is -3.59. The van der Waals surface area contributed by atoms with Crippen molar-refractivity contribution in [2.75, 3.05) is 19.6 Å². The van der Waals surface area contributed by atoms with Crippen LogP contribution in [0.2, 0.25) is 0 Å². The summed E-state index contributed by atoms with van der Waals surface area (Å²) in [6, 6.07) is 17.8. The van der Waals surface area contributed by atoms with Crippen molar-refractivity contribution in [1.82, 2.24) is 10.2 Å². The number of hydrogen-bond acceptors (Lipinski definition) is 3. The molecule has 0 aromatic heterocycles. The number of nitrogens with one attached hydrogen (secondary N) is 2. The minimum Gasteiger partial charge on any atom is -0.370 e. The Morgan fingerprint density at radius 1 is 1.08 bits per heavy atom. The zero-order valence-electron chi connectivity index (χ0n) is 22.1. The van der Waals surface area contributed by atoms with Gasteiger partial charge in [-0.1, -0.05) is 56.0 Å². The zero-order valence-corrected chi connectivity index (χ0v) is 22.1. The molecule has 1 aliphatic rings. The predicted octanol–water partition coefficient (Wildman–Crippen LogP) is 4.36. The molecule has 2 aromatic carbocycles. The first-order chi connectivity index (χ1) is 17.8. The molecule has 2 aromatic rings. The van der Waals surface area contributed by atoms with Crippen molar-refractivity contribution in [3.05, 3.63) is 71.3 Å².